The maximum absolute atomic E-state index is 11.0. The number of carbonyl (C=O) groups is 1. The van der Waals surface area contributed by atoms with Crippen LogP contribution in [0.25, 0.3) is 0 Å². The second-order valence-electron chi connectivity index (χ2n) is 3.90. The average molecular weight is 160 g/mol. The van der Waals surface area contributed by atoms with Crippen LogP contribution >= 0.6 is 0 Å². The molecule has 0 spiro atoms. The molecule has 0 amide bonds. The minimum atomic E-state index is -0.127. The highest BCUT2D eigenvalue weighted by atomic mass is 16.5. The summed E-state index contributed by atoms with van der Waals surface area (Å²) in [6.45, 7) is 2.70. The van der Waals surface area contributed by atoms with Crippen molar-refractivity contribution in [1.82, 2.24) is 0 Å². The predicted octanol–water partition coefficient (Wildman–Crippen LogP) is 0.502. The van der Waals surface area contributed by atoms with Gasteiger partial charge in [-0.15, -0.1) is 0 Å². The van der Waals surface area contributed by atoms with Crippen LogP contribution in [0.5, 0.6) is 0 Å². The average Bonchev–Trinajstić information content (AvgIpc) is 1.82. The van der Waals surface area contributed by atoms with E-state index < -0.39 is 0 Å². The molecule has 0 aromatic rings. The predicted molar refractivity (Wildman–Crippen MR) is 44.1 cm³/mol. The van der Waals surface area contributed by atoms with Crippen molar-refractivity contribution in [3.63, 3.8) is 0 Å². The third kappa shape index (κ3) is 4.79. The highest BCUT2D eigenvalue weighted by Gasteiger charge is 2.20. The zero-order valence-corrected chi connectivity index (χ0v) is 8.05. The van der Waals surface area contributed by atoms with E-state index in [1.165, 1.54) is 7.11 Å². The summed E-state index contributed by atoms with van der Waals surface area (Å²) in [7, 11) is 7.59. The number of carbonyl (C=O) groups excluding carboxylic acids is 1. The first-order chi connectivity index (χ1) is 4.87. The van der Waals surface area contributed by atoms with Crippen LogP contribution in [0.1, 0.15) is 6.92 Å². The number of hydrogen-bond acceptors (Lipinski definition) is 2. The minimum Gasteiger partial charge on any atom is -0.469 e. The van der Waals surface area contributed by atoms with Gasteiger partial charge in [-0.2, -0.15) is 0 Å². The van der Waals surface area contributed by atoms with E-state index in [0.717, 1.165) is 11.0 Å². The van der Waals surface area contributed by atoms with Gasteiger partial charge in [0.2, 0.25) is 0 Å². The van der Waals surface area contributed by atoms with Crippen LogP contribution in [-0.4, -0.2) is 45.2 Å². The first-order valence-corrected chi connectivity index (χ1v) is 3.75. The summed E-state index contributed by atoms with van der Waals surface area (Å²) < 4.78 is 5.40. The SMILES string of the molecule is COC(=O)C(C)C[N+](C)(C)C. The van der Waals surface area contributed by atoms with Crippen molar-refractivity contribution in [2.75, 3.05) is 34.8 Å². The minimum absolute atomic E-state index is 0.0139. The molecule has 0 aliphatic rings. The molecule has 0 fully saturated rings. The molecule has 0 saturated heterocycles. The summed E-state index contributed by atoms with van der Waals surface area (Å²) in [4.78, 5) is 11.0. The van der Waals surface area contributed by atoms with Crippen LogP contribution in [0.4, 0.5) is 0 Å². The molecule has 0 aliphatic carbocycles. The van der Waals surface area contributed by atoms with Crippen LogP contribution in [0.2, 0.25) is 0 Å². The molecule has 3 nitrogen and oxygen atoms in total. The lowest BCUT2D eigenvalue weighted by molar-refractivity contribution is -0.872. The largest absolute Gasteiger partial charge is 0.469 e. The Labute approximate surface area is 68.5 Å². The highest BCUT2D eigenvalue weighted by molar-refractivity contribution is 5.71. The summed E-state index contributed by atoms with van der Waals surface area (Å²) in [5, 5.41) is 0. The third-order valence-corrected chi connectivity index (χ3v) is 1.43. The Morgan fingerprint density at radius 1 is 1.45 bits per heavy atom. The summed E-state index contributed by atoms with van der Waals surface area (Å²) in [5.74, 6) is -0.141. The smallest absolute Gasteiger partial charge is 0.314 e. The molecule has 0 saturated carbocycles. The molecule has 0 aromatic carbocycles. The van der Waals surface area contributed by atoms with Crippen LogP contribution in [0.3, 0.4) is 0 Å². The normalized spacial score (nSPS) is 14.3. The summed E-state index contributed by atoms with van der Waals surface area (Å²) in [5.41, 5.74) is 0. The Hall–Kier alpha value is -0.570. The molecule has 0 N–H and O–H groups in total. The van der Waals surface area contributed by atoms with Crippen molar-refractivity contribution in [3.8, 4) is 0 Å². The monoisotopic (exact) mass is 160 g/mol. The third-order valence-electron chi connectivity index (χ3n) is 1.43. The summed E-state index contributed by atoms with van der Waals surface area (Å²) in [6, 6.07) is 0. The van der Waals surface area contributed by atoms with Gasteiger partial charge >= 0.3 is 5.97 Å². The molecular weight excluding hydrogens is 142 g/mol. The van der Waals surface area contributed by atoms with Crippen molar-refractivity contribution >= 4 is 5.97 Å². The Balaban J connectivity index is 3.87. The number of nitrogens with zero attached hydrogens (tertiary/aromatic N) is 1. The molecule has 0 aromatic heterocycles. The number of hydrogen-bond donors (Lipinski definition) is 0. The highest BCUT2D eigenvalue weighted by Crippen LogP contribution is 2.03. The van der Waals surface area contributed by atoms with Gasteiger partial charge in [-0.25, -0.2) is 0 Å². The van der Waals surface area contributed by atoms with Gasteiger partial charge in [-0.3, -0.25) is 4.79 Å². The van der Waals surface area contributed by atoms with Crippen LogP contribution in [-0.2, 0) is 9.53 Å². The van der Waals surface area contributed by atoms with E-state index in [2.05, 4.69) is 25.9 Å². The van der Waals surface area contributed by atoms with Gasteiger partial charge in [0.1, 0.15) is 5.92 Å². The Morgan fingerprint density at radius 2 is 1.91 bits per heavy atom. The number of ether oxygens (including phenoxy) is 1. The van der Waals surface area contributed by atoms with E-state index in [-0.39, 0.29) is 11.9 Å². The van der Waals surface area contributed by atoms with E-state index in [1.807, 2.05) is 6.92 Å². The van der Waals surface area contributed by atoms with Crippen LogP contribution in [0, 0.1) is 5.92 Å². The van der Waals surface area contributed by atoms with Crippen LogP contribution in [0.15, 0.2) is 0 Å². The van der Waals surface area contributed by atoms with E-state index in [9.17, 15) is 4.79 Å². The van der Waals surface area contributed by atoms with E-state index >= 15 is 0 Å². The molecule has 0 aliphatic heterocycles. The van der Waals surface area contributed by atoms with Gasteiger partial charge < -0.3 is 9.22 Å². The van der Waals surface area contributed by atoms with Crippen molar-refractivity contribution in [2.45, 2.75) is 6.92 Å². The van der Waals surface area contributed by atoms with Crippen molar-refractivity contribution < 1.29 is 14.0 Å². The lowest BCUT2D eigenvalue weighted by Crippen LogP contribution is -2.40. The molecule has 0 radical (unpaired) electrons. The molecule has 0 heterocycles. The number of quaternary nitrogens is 1. The van der Waals surface area contributed by atoms with Gasteiger partial charge in [0, 0.05) is 0 Å². The maximum atomic E-state index is 11.0. The fourth-order valence-corrected chi connectivity index (χ4v) is 1.10. The number of methoxy groups -OCH3 is 1. The molecule has 11 heavy (non-hydrogen) atoms. The molecule has 0 rings (SSSR count). The van der Waals surface area contributed by atoms with Gasteiger partial charge in [0.25, 0.3) is 0 Å². The first kappa shape index (κ1) is 10.4. The second kappa shape index (κ2) is 3.72. The Bertz CT molecular complexity index is 138. The standard InChI is InChI=1S/C8H18NO2/c1-7(8(10)11-5)6-9(2,3)4/h7H,6H2,1-5H3/q+1. The molecule has 0 bridgehead atoms. The van der Waals surface area contributed by atoms with E-state index in [1.54, 1.807) is 0 Å². The molecule has 1 unspecified atom stereocenters. The molecular formula is C8H18NO2+. The van der Waals surface area contributed by atoms with Gasteiger partial charge in [0.15, 0.2) is 0 Å². The lowest BCUT2D eigenvalue weighted by Gasteiger charge is -2.26. The van der Waals surface area contributed by atoms with Gasteiger partial charge in [-0.1, -0.05) is 0 Å². The number of rotatable bonds is 3. The Kier molecular flexibility index (Phi) is 3.52. The van der Waals surface area contributed by atoms with Crippen LogP contribution < -0.4 is 0 Å². The van der Waals surface area contributed by atoms with Crippen molar-refractivity contribution in [3.05, 3.63) is 0 Å². The topological polar surface area (TPSA) is 26.3 Å². The zero-order chi connectivity index (χ0) is 9.07. The Morgan fingerprint density at radius 3 is 2.18 bits per heavy atom. The molecule has 66 valence electrons. The quantitative estimate of drug-likeness (QED) is 0.444. The molecule has 3 heteroatoms. The zero-order valence-electron chi connectivity index (χ0n) is 8.05. The first-order valence-electron chi connectivity index (χ1n) is 3.75. The molecule has 1 atom stereocenters. The van der Waals surface area contributed by atoms with Gasteiger partial charge in [-0.05, 0) is 6.92 Å². The van der Waals surface area contributed by atoms with E-state index in [4.69, 9.17) is 0 Å². The second-order valence-corrected chi connectivity index (χ2v) is 3.90. The lowest BCUT2D eigenvalue weighted by atomic mass is 10.1. The fraction of sp³-hybridized carbons (Fsp3) is 0.875. The van der Waals surface area contributed by atoms with Gasteiger partial charge in [0.05, 0.1) is 34.8 Å². The van der Waals surface area contributed by atoms with Crippen molar-refractivity contribution in [2.24, 2.45) is 5.92 Å². The number of esters is 1. The fourth-order valence-electron chi connectivity index (χ4n) is 1.10. The summed E-state index contributed by atoms with van der Waals surface area (Å²) >= 11 is 0. The summed E-state index contributed by atoms with van der Waals surface area (Å²) in [6.07, 6.45) is 0. The van der Waals surface area contributed by atoms with E-state index in [0.29, 0.717) is 0 Å². The maximum Gasteiger partial charge on any atom is 0.314 e. The van der Waals surface area contributed by atoms with Crippen molar-refractivity contribution in [1.29, 1.82) is 0 Å².